The maximum atomic E-state index is 12.8. The topological polar surface area (TPSA) is 26.0 Å². The van der Waals surface area contributed by atoms with Gasteiger partial charge in [-0.15, -0.1) is 0 Å². The molecule has 1 aromatic rings. The summed E-state index contributed by atoms with van der Waals surface area (Å²) < 4.78 is 38.3. The van der Waals surface area contributed by atoms with Gasteiger partial charge in [0, 0.05) is 5.69 Å². The lowest BCUT2D eigenvalue weighted by atomic mass is 9.96. The fourth-order valence-electron chi connectivity index (χ4n) is 1.72. The number of aryl methyl sites for hydroxylation is 2. The molecule has 0 atom stereocenters. The molecule has 0 aliphatic heterocycles. The molecule has 0 unspecified atom stereocenters. The van der Waals surface area contributed by atoms with E-state index >= 15 is 0 Å². The third-order valence-corrected chi connectivity index (χ3v) is 2.37. The SMILES string of the molecule is CCc1cc(N)cc(CC)c1C(F)(F)F. The molecule has 1 rings (SSSR count). The van der Waals surface area contributed by atoms with Gasteiger partial charge >= 0.3 is 6.18 Å². The maximum Gasteiger partial charge on any atom is 0.416 e. The Morgan fingerprint density at radius 3 is 1.73 bits per heavy atom. The van der Waals surface area contributed by atoms with E-state index in [2.05, 4.69) is 0 Å². The van der Waals surface area contributed by atoms with Crippen molar-refractivity contribution in [1.29, 1.82) is 0 Å². The lowest BCUT2D eigenvalue weighted by Gasteiger charge is -2.16. The molecule has 0 radical (unpaired) electrons. The van der Waals surface area contributed by atoms with Crippen molar-refractivity contribution in [2.24, 2.45) is 0 Å². The van der Waals surface area contributed by atoms with E-state index in [1.165, 1.54) is 12.1 Å². The average molecular weight is 217 g/mol. The highest BCUT2D eigenvalue weighted by Gasteiger charge is 2.35. The minimum absolute atomic E-state index is 0.277. The van der Waals surface area contributed by atoms with Crippen LogP contribution in [0.3, 0.4) is 0 Å². The third kappa shape index (κ3) is 2.43. The largest absolute Gasteiger partial charge is 0.416 e. The van der Waals surface area contributed by atoms with Crippen LogP contribution in [-0.2, 0) is 19.0 Å². The van der Waals surface area contributed by atoms with Gasteiger partial charge in [0.2, 0.25) is 0 Å². The second-order valence-corrected chi connectivity index (χ2v) is 3.42. The van der Waals surface area contributed by atoms with E-state index in [0.717, 1.165) is 0 Å². The molecular weight excluding hydrogens is 203 g/mol. The van der Waals surface area contributed by atoms with Crippen molar-refractivity contribution in [2.45, 2.75) is 32.9 Å². The molecule has 84 valence electrons. The molecule has 1 aromatic carbocycles. The number of hydrogen-bond donors (Lipinski definition) is 1. The van der Waals surface area contributed by atoms with E-state index in [1.807, 2.05) is 0 Å². The standard InChI is InChI=1S/C11H14F3N/c1-3-7-5-9(15)6-8(4-2)10(7)11(12,13)14/h5-6H,3-4,15H2,1-2H3. The number of alkyl halides is 3. The van der Waals surface area contributed by atoms with Crippen molar-refractivity contribution in [3.8, 4) is 0 Å². The van der Waals surface area contributed by atoms with Crippen LogP contribution in [0.1, 0.15) is 30.5 Å². The summed E-state index contributed by atoms with van der Waals surface area (Å²) in [5.41, 5.74) is 6.00. The first-order chi connectivity index (χ1) is 6.90. The Labute approximate surface area is 87.1 Å². The van der Waals surface area contributed by atoms with Gasteiger partial charge in [-0.2, -0.15) is 13.2 Å². The Balaban J connectivity index is 3.44. The highest BCUT2D eigenvalue weighted by atomic mass is 19.4. The van der Waals surface area contributed by atoms with Crippen LogP contribution >= 0.6 is 0 Å². The van der Waals surface area contributed by atoms with E-state index in [4.69, 9.17) is 5.73 Å². The van der Waals surface area contributed by atoms with Crippen molar-refractivity contribution in [1.82, 2.24) is 0 Å². The molecule has 0 amide bonds. The molecule has 0 aliphatic rings. The summed E-state index contributed by atoms with van der Waals surface area (Å²) >= 11 is 0. The summed E-state index contributed by atoms with van der Waals surface area (Å²) in [5, 5.41) is 0. The zero-order valence-electron chi connectivity index (χ0n) is 8.78. The monoisotopic (exact) mass is 217 g/mol. The summed E-state index contributed by atoms with van der Waals surface area (Å²) in [6.07, 6.45) is -3.61. The van der Waals surface area contributed by atoms with Crippen LogP contribution in [0.2, 0.25) is 0 Å². The van der Waals surface area contributed by atoms with E-state index in [1.54, 1.807) is 13.8 Å². The Bertz CT molecular complexity index is 330. The lowest BCUT2D eigenvalue weighted by molar-refractivity contribution is -0.138. The van der Waals surface area contributed by atoms with E-state index < -0.39 is 11.7 Å². The predicted octanol–water partition coefficient (Wildman–Crippen LogP) is 3.41. The Kier molecular flexibility index (Phi) is 3.27. The van der Waals surface area contributed by atoms with E-state index in [9.17, 15) is 13.2 Å². The first-order valence-electron chi connectivity index (χ1n) is 4.88. The van der Waals surface area contributed by atoms with Gasteiger partial charge < -0.3 is 5.73 Å². The number of halogens is 3. The van der Waals surface area contributed by atoms with Gasteiger partial charge in [-0.1, -0.05) is 13.8 Å². The third-order valence-electron chi connectivity index (χ3n) is 2.37. The summed E-state index contributed by atoms with van der Waals surface area (Å²) in [5.74, 6) is 0. The molecular formula is C11H14F3N. The quantitative estimate of drug-likeness (QED) is 0.755. The molecule has 0 saturated heterocycles. The fourth-order valence-corrected chi connectivity index (χ4v) is 1.72. The highest BCUT2D eigenvalue weighted by Crippen LogP contribution is 2.36. The molecule has 0 aromatic heterocycles. The number of anilines is 1. The molecule has 15 heavy (non-hydrogen) atoms. The highest BCUT2D eigenvalue weighted by molar-refractivity contribution is 5.50. The first-order valence-corrected chi connectivity index (χ1v) is 4.88. The summed E-state index contributed by atoms with van der Waals surface area (Å²) in [7, 11) is 0. The van der Waals surface area contributed by atoms with Crippen LogP contribution in [0.25, 0.3) is 0 Å². The van der Waals surface area contributed by atoms with Gasteiger partial charge in [-0.25, -0.2) is 0 Å². The van der Waals surface area contributed by atoms with Crippen molar-refractivity contribution in [3.05, 3.63) is 28.8 Å². The number of rotatable bonds is 2. The van der Waals surface area contributed by atoms with Crippen molar-refractivity contribution in [2.75, 3.05) is 5.73 Å². The Morgan fingerprint density at radius 1 is 1.07 bits per heavy atom. The second kappa shape index (κ2) is 4.13. The molecule has 0 heterocycles. The summed E-state index contributed by atoms with van der Waals surface area (Å²) in [4.78, 5) is 0. The molecule has 0 fully saturated rings. The van der Waals surface area contributed by atoms with E-state index in [0.29, 0.717) is 18.5 Å². The first kappa shape index (κ1) is 11.9. The van der Waals surface area contributed by atoms with Crippen LogP contribution in [0.5, 0.6) is 0 Å². The molecule has 0 aliphatic carbocycles. The summed E-state index contributed by atoms with van der Waals surface area (Å²) in [6, 6.07) is 2.81. The molecule has 0 saturated carbocycles. The van der Waals surface area contributed by atoms with Gasteiger partial charge in [-0.3, -0.25) is 0 Å². The molecule has 2 N–H and O–H groups in total. The zero-order valence-corrected chi connectivity index (χ0v) is 8.78. The van der Waals surface area contributed by atoms with Crippen LogP contribution in [0.15, 0.2) is 12.1 Å². The molecule has 1 nitrogen and oxygen atoms in total. The van der Waals surface area contributed by atoms with Gasteiger partial charge in [0.25, 0.3) is 0 Å². The van der Waals surface area contributed by atoms with Gasteiger partial charge in [0.1, 0.15) is 0 Å². The van der Waals surface area contributed by atoms with Gasteiger partial charge in [0.05, 0.1) is 5.56 Å². The van der Waals surface area contributed by atoms with Gasteiger partial charge in [0.15, 0.2) is 0 Å². The Hall–Kier alpha value is -1.19. The summed E-state index contributed by atoms with van der Waals surface area (Å²) in [6.45, 7) is 3.40. The van der Waals surface area contributed by atoms with Crippen LogP contribution in [0, 0.1) is 0 Å². The maximum absolute atomic E-state index is 12.8. The normalized spacial score (nSPS) is 11.8. The smallest absolute Gasteiger partial charge is 0.399 e. The van der Waals surface area contributed by atoms with Crippen molar-refractivity contribution >= 4 is 5.69 Å². The Morgan fingerprint density at radius 2 is 1.47 bits per heavy atom. The minimum atomic E-state index is -4.29. The fraction of sp³-hybridized carbons (Fsp3) is 0.455. The van der Waals surface area contributed by atoms with Crippen molar-refractivity contribution < 1.29 is 13.2 Å². The zero-order chi connectivity index (χ0) is 11.6. The lowest BCUT2D eigenvalue weighted by Crippen LogP contribution is -2.13. The van der Waals surface area contributed by atoms with Crippen molar-refractivity contribution in [3.63, 3.8) is 0 Å². The molecule has 0 bridgehead atoms. The minimum Gasteiger partial charge on any atom is -0.399 e. The van der Waals surface area contributed by atoms with Crippen LogP contribution in [0.4, 0.5) is 18.9 Å². The molecule has 0 spiro atoms. The number of hydrogen-bond acceptors (Lipinski definition) is 1. The number of nitrogen functional groups attached to an aromatic ring is 1. The number of benzene rings is 1. The second-order valence-electron chi connectivity index (χ2n) is 3.42. The van der Waals surface area contributed by atoms with Crippen LogP contribution < -0.4 is 5.73 Å². The molecule has 4 heteroatoms. The predicted molar refractivity (Wildman–Crippen MR) is 54.6 cm³/mol. The van der Waals surface area contributed by atoms with E-state index in [-0.39, 0.29) is 11.1 Å². The van der Waals surface area contributed by atoms with Gasteiger partial charge in [-0.05, 0) is 36.1 Å². The number of nitrogens with two attached hydrogens (primary N) is 1. The average Bonchev–Trinajstić information content (AvgIpc) is 2.14. The van der Waals surface area contributed by atoms with Crippen LogP contribution in [-0.4, -0.2) is 0 Å².